The molecule has 0 saturated heterocycles. The van der Waals surface area contributed by atoms with Crippen LogP contribution in [-0.4, -0.2) is 12.5 Å². The predicted molar refractivity (Wildman–Crippen MR) is 71.9 cm³/mol. The topological polar surface area (TPSA) is 38.3 Å². The number of carbonyl (C=O) groups is 1. The molecule has 0 aliphatic carbocycles. The smallest absolute Gasteiger partial charge is 0.262 e. The van der Waals surface area contributed by atoms with Crippen LogP contribution in [0.25, 0.3) is 0 Å². The lowest BCUT2D eigenvalue weighted by atomic mass is 10.3. The van der Waals surface area contributed by atoms with Crippen LogP contribution in [0.2, 0.25) is 5.02 Å². The Bertz CT molecular complexity index is 662. The molecule has 110 valence electrons. The Hall–Kier alpha value is -2.21. The van der Waals surface area contributed by atoms with Crippen LogP contribution in [0.1, 0.15) is 0 Å². The highest BCUT2D eigenvalue weighted by Crippen LogP contribution is 2.20. The fraction of sp³-hybridized carbons (Fsp3) is 0.0714. The van der Waals surface area contributed by atoms with Crippen molar-refractivity contribution in [3.05, 3.63) is 58.9 Å². The molecule has 0 unspecified atom stereocenters. The van der Waals surface area contributed by atoms with Crippen molar-refractivity contribution < 1.29 is 22.7 Å². The molecule has 2 aromatic rings. The van der Waals surface area contributed by atoms with Gasteiger partial charge in [0.2, 0.25) is 0 Å². The molecule has 2 rings (SSSR count). The van der Waals surface area contributed by atoms with Crippen molar-refractivity contribution >= 4 is 23.2 Å². The van der Waals surface area contributed by atoms with Crippen molar-refractivity contribution in [1.29, 1.82) is 0 Å². The van der Waals surface area contributed by atoms with E-state index in [1.807, 2.05) is 0 Å². The fourth-order valence-electron chi connectivity index (χ4n) is 1.49. The van der Waals surface area contributed by atoms with Gasteiger partial charge in [0, 0.05) is 5.02 Å². The summed E-state index contributed by atoms with van der Waals surface area (Å²) < 4.78 is 44.2. The Morgan fingerprint density at radius 1 is 1.05 bits per heavy atom. The van der Waals surface area contributed by atoms with Crippen molar-refractivity contribution in [3.8, 4) is 5.75 Å². The van der Waals surface area contributed by atoms with Crippen LogP contribution < -0.4 is 10.1 Å². The molecule has 0 atom stereocenters. The van der Waals surface area contributed by atoms with E-state index in [0.29, 0.717) is 16.8 Å². The molecule has 0 fully saturated rings. The number of anilines is 1. The lowest BCUT2D eigenvalue weighted by Gasteiger charge is -2.09. The lowest BCUT2D eigenvalue weighted by molar-refractivity contribution is -0.118. The summed E-state index contributed by atoms with van der Waals surface area (Å²) in [6.07, 6.45) is 0. The normalized spacial score (nSPS) is 10.3. The van der Waals surface area contributed by atoms with E-state index >= 15 is 0 Å². The molecule has 3 nitrogen and oxygen atoms in total. The summed E-state index contributed by atoms with van der Waals surface area (Å²) in [5.41, 5.74) is -0.460. The van der Waals surface area contributed by atoms with Gasteiger partial charge in [0.05, 0.1) is 5.69 Å². The van der Waals surface area contributed by atoms with E-state index in [1.54, 1.807) is 24.3 Å². The van der Waals surface area contributed by atoms with E-state index in [0.717, 1.165) is 6.07 Å². The van der Waals surface area contributed by atoms with Crippen LogP contribution in [-0.2, 0) is 4.79 Å². The maximum atomic E-state index is 13.3. The summed E-state index contributed by atoms with van der Waals surface area (Å²) in [5.74, 6) is -4.76. The summed E-state index contributed by atoms with van der Waals surface area (Å²) in [5, 5.41) is 2.60. The van der Waals surface area contributed by atoms with Gasteiger partial charge < -0.3 is 10.1 Å². The first-order chi connectivity index (χ1) is 9.97. The SMILES string of the molecule is O=C(COc1ccc(Cl)cc1)Nc1ccc(F)c(F)c1F. The third kappa shape index (κ3) is 3.88. The minimum atomic E-state index is -1.65. The third-order valence-electron chi connectivity index (χ3n) is 2.49. The van der Waals surface area contributed by atoms with Gasteiger partial charge in [-0.2, -0.15) is 0 Å². The molecule has 0 aliphatic heterocycles. The molecule has 1 amide bonds. The molecule has 1 N–H and O–H groups in total. The highest BCUT2D eigenvalue weighted by Gasteiger charge is 2.15. The van der Waals surface area contributed by atoms with Crippen molar-refractivity contribution in [3.63, 3.8) is 0 Å². The zero-order valence-corrected chi connectivity index (χ0v) is 11.3. The predicted octanol–water partition coefficient (Wildman–Crippen LogP) is 3.77. The van der Waals surface area contributed by atoms with Gasteiger partial charge in [-0.3, -0.25) is 4.79 Å². The van der Waals surface area contributed by atoms with E-state index in [4.69, 9.17) is 16.3 Å². The summed E-state index contributed by atoms with van der Waals surface area (Å²) in [6.45, 7) is -0.417. The first kappa shape index (κ1) is 15.2. The number of hydrogen-bond donors (Lipinski definition) is 1. The Labute approximate surface area is 123 Å². The number of amides is 1. The van der Waals surface area contributed by atoms with E-state index < -0.39 is 35.7 Å². The summed E-state index contributed by atoms with van der Waals surface area (Å²) >= 11 is 5.68. The van der Waals surface area contributed by atoms with E-state index in [2.05, 4.69) is 5.32 Å². The second-order valence-corrected chi connectivity index (χ2v) is 4.45. The number of hydrogen-bond acceptors (Lipinski definition) is 2. The van der Waals surface area contributed by atoms with Crippen LogP contribution >= 0.6 is 11.6 Å². The molecule has 7 heteroatoms. The number of rotatable bonds is 4. The Kier molecular flexibility index (Phi) is 4.70. The number of halogens is 4. The molecular weight excluding hydrogens is 307 g/mol. The minimum absolute atomic E-state index is 0.389. The highest BCUT2D eigenvalue weighted by atomic mass is 35.5. The monoisotopic (exact) mass is 315 g/mol. The fourth-order valence-corrected chi connectivity index (χ4v) is 1.61. The molecule has 0 bridgehead atoms. The van der Waals surface area contributed by atoms with Gasteiger partial charge in [-0.25, -0.2) is 13.2 Å². The van der Waals surface area contributed by atoms with Gasteiger partial charge in [0.15, 0.2) is 24.1 Å². The Morgan fingerprint density at radius 3 is 2.38 bits per heavy atom. The summed E-state index contributed by atoms with van der Waals surface area (Å²) in [4.78, 5) is 11.6. The Balaban J connectivity index is 1.96. The minimum Gasteiger partial charge on any atom is -0.484 e. The average Bonchev–Trinajstić information content (AvgIpc) is 2.47. The number of ether oxygens (including phenoxy) is 1. The molecule has 0 aromatic heterocycles. The van der Waals surface area contributed by atoms with E-state index in [9.17, 15) is 18.0 Å². The van der Waals surface area contributed by atoms with Crippen molar-refractivity contribution in [2.24, 2.45) is 0 Å². The number of carbonyl (C=O) groups excluding carboxylic acids is 1. The van der Waals surface area contributed by atoms with Crippen LogP contribution in [0.3, 0.4) is 0 Å². The highest BCUT2D eigenvalue weighted by molar-refractivity contribution is 6.30. The lowest BCUT2D eigenvalue weighted by Crippen LogP contribution is -2.21. The zero-order chi connectivity index (χ0) is 15.4. The van der Waals surface area contributed by atoms with Gasteiger partial charge >= 0.3 is 0 Å². The van der Waals surface area contributed by atoms with Crippen molar-refractivity contribution in [2.45, 2.75) is 0 Å². The van der Waals surface area contributed by atoms with Crippen LogP contribution in [0, 0.1) is 17.5 Å². The second-order valence-electron chi connectivity index (χ2n) is 4.01. The maximum Gasteiger partial charge on any atom is 0.262 e. The van der Waals surface area contributed by atoms with Gasteiger partial charge in [-0.05, 0) is 36.4 Å². The molecule has 0 radical (unpaired) electrons. The second kappa shape index (κ2) is 6.49. The van der Waals surface area contributed by atoms with E-state index in [1.165, 1.54) is 0 Å². The molecule has 0 saturated carbocycles. The van der Waals surface area contributed by atoms with Crippen molar-refractivity contribution in [2.75, 3.05) is 11.9 Å². The summed E-state index contributed by atoms with van der Waals surface area (Å²) in [6, 6.07) is 7.89. The van der Waals surface area contributed by atoms with Gasteiger partial charge in [-0.15, -0.1) is 0 Å². The molecule has 21 heavy (non-hydrogen) atoms. The molecule has 2 aromatic carbocycles. The maximum absolute atomic E-state index is 13.3. The van der Waals surface area contributed by atoms with Crippen LogP contribution in [0.5, 0.6) is 5.75 Å². The molecule has 0 heterocycles. The van der Waals surface area contributed by atoms with Crippen LogP contribution in [0.15, 0.2) is 36.4 Å². The van der Waals surface area contributed by atoms with Crippen molar-refractivity contribution in [1.82, 2.24) is 0 Å². The third-order valence-corrected chi connectivity index (χ3v) is 2.74. The average molecular weight is 316 g/mol. The molecular formula is C14H9ClF3NO2. The zero-order valence-electron chi connectivity index (χ0n) is 10.5. The van der Waals surface area contributed by atoms with Crippen LogP contribution in [0.4, 0.5) is 18.9 Å². The standard InChI is InChI=1S/C14H9ClF3NO2/c15-8-1-3-9(4-2-8)21-7-12(20)19-11-6-5-10(16)13(17)14(11)18/h1-6H,7H2,(H,19,20). The number of nitrogens with one attached hydrogen (secondary N) is 1. The molecule has 0 aliphatic rings. The molecule has 0 spiro atoms. The van der Waals surface area contributed by atoms with Gasteiger partial charge in [-0.1, -0.05) is 11.6 Å². The quantitative estimate of drug-likeness (QED) is 0.872. The summed E-state index contributed by atoms with van der Waals surface area (Å²) in [7, 11) is 0. The number of benzene rings is 2. The first-order valence-corrected chi connectivity index (χ1v) is 6.17. The van der Waals surface area contributed by atoms with Gasteiger partial charge in [0.1, 0.15) is 5.75 Å². The Morgan fingerprint density at radius 2 is 1.71 bits per heavy atom. The van der Waals surface area contributed by atoms with E-state index in [-0.39, 0.29) is 0 Å². The first-order valence-electron chi connectivity index (χ1n) is 5.79. The van der Waals surface area contributed by atoms with Gasteiger partial charge in [0.25, 0.3) is 5.91 Å². The largest absolute Gasteiger partial charge is 0.484 e.